The molecule has 1 aliphatic heterocycles. The van der Waals surface area contributed by atoms with Gasteiger partial charge in [0.25, 0.3) is 0 Å². The highest BCUT2D eigenvalue weighted by Crippen LogP contribution is 2.35. The number of likely N-dealkylation sites (tertiary alicyclic amines) is 1. The van der Waals surface area contributed by atoms with Crippen LogP contribution in [0.25, 0.3) is 0 Å². The predicted molar refractivity (Wildman–Crippen MR) is 78.7 cm³/mol. The van der Waals surface area contributed by atoms with Crippen LogP contribution in [0.15, 0.2) is 0 Å². The Balaban J connectivity index is 1.66. The van der Waals surface area contributed by atoms with Crippen LogP contribution in [-0.2, 0) is 4.74 Å². The van der Waals surface area contributed by atoms with Gasteiger partial charge in [0.05, 0.1) is 6.61 Å². The molecule has 2 aliphatic rings. The van der Waals surface area contributed by atoms with Crippen molar-refractivity contribution >= 4 is 17.2 Å². The van der Waals surface area contributed by atoms with Crippen molar-refractivity contribution in [3.63, 3.8) is 0 Å². The van der Waals surface area contributed by atoms with E-state index in [9.17, 15) is 0 Å². The first-order chi connectivity index (χ1) is 8.66. The molecule has 0 aromatic rings. The van der Waals surface area contributed by atoms with Gasteiger partial charge in [-0.2, -0.15) is 0 Å². The lowest BCUT2D eigenvalue weighted by atomic mass is 9.75. The standard InChI is InChI=1S/C14H26N2OS/c1-11(14(15)18)17-9-8-16-7-6-12-4-2-3-5-13(12)10-16/h11-13H,2-10H2,1H3,(H2,15,18). The lowest BCUT2D eigenvalue weighted by Gasteiger charge is -2.41. The fourth-order valence-electron chi connectivity index (χ4n) is 3.32. The van der Waals surface area contributed by atoms with Crippen LogP contribution >= 0.6 is 12.2 Å². The van der Waals surface area contributed by atoms with Gasteiger partial charge in [-0.25, -0.2) is 0 Å². The molecule has 1 saturated heterocycles. The van der Waals surface area contributed by atoms with Crippen LogP contribution in [0, 0.1) is 11.8 Å². The summed E-state index contributed by atoms with van der Waals surface area (Å²) in [7, 11) is 0. The summed E-state index contributed by atoms with van der Waals surface area (Å²) in [4.78, 5) is 3.01. The highest BCUT2D eigenvalue weighted by atomic mass is 32.1. The lowest BCUT2D eigenvalue weighted by Crippen LogP contribution is -2.43. The van der Waals surface area contributed by atoms with Crippen LogP contribution in [0.1, 0.15) is 39.0 Å². The normalized spacial score (nSPS) is 30.7. The summed E-state index contributed by atoms with van der Waals surface area (Å²) in [6, 6.07) is 0. The van der Waals surface area contributed by atoms with Crippen molar-refractivity contribution in [1.82, 2.24) is 4.90 Å². The number of hydrogen-bond donors (Lipinski definition) is 1. The van der Waals surface area contributed by atoms with Crippen molar-refractivity contribution in [3.05, 3.63) is 0 Å². The zero-order valence-corrected chi connectivity index (χ0v) is 12.3. The molecule has 2 rings (SSSR count). The summed E-state index contributed by atoms with van der Waals surface area (Å²) in [5.41, 5.74) is 5.54. The zero-order chi connectivity index (χ0) is 13.0. The Morgan fingerprint density at radius 2 is 2.06 bits per heavy atom. The minimum atomic E-state index is -0.0905. The average Bonchev–Trinajstić information content (AvgIpc) is 2.38. The SMILES string of the molecule is CC(OCCN1CCC2CCCCC2C1)C(N)=S. The van der Waals surface area contributed by atoms with Gasteiger partial charge < -0.3 is 15.4 Å². The van der Waals surface area contributed by atoms with Gasteiger partial charge in [-0.15, -0.1) is 0 Å². The Bertz CT molecular complexity index is 285. The van der Waals surface area contributed by atoms with Gasteiger partial charge in [0.1, 0.15) is 11.1 Å². The zero-order valence-electron chi connectivity index (χ0n) is 11.4. The van der Waals surface area contributed by atoms with Crippen molar-refractivity contribution in [3.8, 4) is 0 Å². The van der Waals surface area contributed by atoms with Gasteiger partial charge in [-0.1, -0.05) is 31.5 Å². The molecule has 1 heterocycles. The molecule has 0 amide bonds. The summed E-state index contributed by atoms with van der Waals surface area (Å²) < 4.78 is 5.63. The predicted octanol–water partition coefficient (Wildman–Crippen LogP) is 2.19. The summed E-state index contributed by atoms with van der Waals surface area (Å²) >= 11 is 4.90. The van der Waals surface area contributed by atoms with Crippen LogP contribution in [0.3, 0.4) is 0 Å². The topological polar surface area (TPSA) is 38.5 Å². The highest BCUT2D eigenvalue weighted by molar-refractivity contribution is 7.80. The van der Waals surface area contributed by atoms with E-state index in [2.05, 4.69) is 4.90 Å². The number of nitrogens with zero attached hydrogens (tertiary/aromatic N) is 1. The Kier molecular flexibility index (Phi) is 5.39. The second-order valence-electron chi connectivity index (χ2n) is 5.81. The first kappa shape index (κ1) is 14.2. The Morgan fingerprint density at radius 1 is 1.33 bits per heavy atom. The molecule has 0 radical (unpaired) electrons. The van der Waals surface area contributed by atoms with E-state index in [1.54, 1.807) is 0 Å². The number of fused-ring (bicyclic) bond motifs is 1. The molecule has 18 heavy (non-hydrogen) atoms. The van der Waals surface area contributed by atoms with E-state index in [1.165, 1.54) is 45.2 Å². The second-order valence-corrected chi connectivity index (χ2v) is 6.28. The monoisotopic (exact) mass is 270 g/mol. The maximum Gasteiger partial charge on any atom is 0.104 e. The molecule has 4 heteroatoms. The molecule has 1 aliphatic carbocycles. The van der Waals surface area contributed by atoms with Gasteiger partial charge in [0.15, 0.2) is 0 Å². The summed E-state index contributed by atoms with van der Waals surface area (Å²) in [6.45, 7) is 6.21. The molecule has 0 spiro atoms. The quantitative estimate of drug-likeness (QED) is 0.777. The van der Waals surface area contributed by atoms with Crippen molar-refractivity contribution < 1.29 is 4.74 Å². The third-order valence-corrected chi connectivity index (χ3v) is 4.88. The molecule has 2 N–H and O–H groups in total. The molecule has 104 valence electrons. The Hall–Kier alpha value is -0.190. The molecule has 0 aromatic carbocycles. The highest BCUT2D eigenvalue weighted by Gasteiger charge is 2.30. The molecular formula is C14H26N2OS. The average molecular weight is 270 g/mol. The van der Waals surface area contributed by atoms with Crippen LogP contribution < -0.4 is 5.73 Å². The molecular weight excluding hydrogens is 244 g/mol. The van der Waals surface area contributed by atoms with Crippen LogP contribution in [-0.4, -0.2) is 42.2 Å². The van der Waals surface area contributed by atoms with E-state index in [-0.39, 0.29) is 6.10 Å². The lowest BCUT2D eigenvalue weighted by molar-refractivity contribution is 0.0442. The van der Waals surface area contributed by atoms with E-state index in [1.807, 2.05) is 6.92 Å². The molecule has 2 fully saturated rings. The first-order valence-electron chi connectivity index (χ1n) is 7.30. The van der Waals surface area contributed by atoms with Gasteiger partial charge in [-0.05, 0) is 38.1 Å². The number of piperidine rings is 1. The second kappa shape index (κ2) is 6.83. The summed E-state index contributed by atoms with van der Waals surface area (Å²) in [5, 5.41) is 0. The molecule has 1 saturated carbocycles. The molecule has 0 bridgehead atoms. The van der Waals surface area contributed by atoms with E-state index in [0.29, 0.717) is 4.99 Å². The largest absolute Gasteiger partial charge is 0.391 e. The maximum atomic E-state index is 5.63. The van der Waals surface area contributed by atoms with E-state index in [0.717, 1.165) is 25.0 Å². The Morgan fingerprint density at radius 3 is 2.78 bits per heavy atom. The molecule has 3 atom stereocenters. The maximum absolute atomic E-state index is 5.63. The molecule has 3 unspecified atom stereocenters. The third-order valence-electron chi connectivity index (χ3n) is 4.55. The summed E-state index contributed by atoms with van der Waals surface area (Å²) in [6.07, 6.45) is 7.08. The van der Waals surface area contributed by atoms with Crippen molar-refractivity contribution in [1.29, 1.82) is 0 Å². The van der Waals surface area contributed by atoms with Gasteiger partial charge in [-0.3, -0.25) is 0 Å². The summed E-state index contributed by atoms with van der Waals surface area (Å²) in [5.74, 6) is 1.95. The number of hydrogen-bond acceptors (Lipinski definition) is 3. The van der Waals surface area contributed by atoms with Gasteiger partial charge >= 0.3 is 0 Å². The number of ether oxygens (including phenoxy) is 1. The fraction of sp³-hybridized carbons (Fsp3) is 0.929. The van der Waals surface area contributed by atoms with Crippen molar-refractivity contribution in [2.75, 3.05) is 26.2 Å². The fourth-order valence-corrected chi connectivity index (χ4v) is 3.39. The number of nitrogens with two attached hydrogens (primary N) is 1. The van der Waals surface area contributed by atoms with Gasteiger partial charge in [0.2, 0.25) is 0 Å². The first-order valence-corrected chi connectivity index (χ1v) is 7.71. The minimum absolute atomic E-state index is 0.0905. The van der Waals surface area contributed by atoms with Crippen LogP contribution in [0.4, 0.5) is 0 Å². The van der Waals surface area contributed by atoms with E-state index in [4.69, 9.17) is 22.7 Å². The van der Waals surface area contributed by atoms with E-state index < -0.39 is 0 Å². The van der Waals surface area contributed by atoms with Gasteiger partial charge in [0, 0.05) is 13.1 Å². The Labute approximate surface area is 116 Å². The van der Waals surface area contributed by atoms with Crippen LogP contribution in [0.5, 0.6) is 0 Å². The van der Waals surface area contributed by atoms with Crippen LogP contribution in [0.2, 0.25) is 0 Å². The van der Waals surface area contributed by atoms with Crippen molar-refractivity contribution in [2.45, 2.75) is 45.1 Å². The molecule has 0 aromatic heterocycles. The number of thiocarbonyl (C=S) groups is 1. The number of rotatable bonds is 5. The van der Waals surface area contributed by atoms with Crippen molar-refractivity contribution in [2.24, 2.45) is 17.6 Å². The minimum Gasteiger partial charge on any atom is -0.391 e. The smallest absolute Gasteiger partial charge is 0.104 e. The van der Waals surface area contributed by atoms with E-state index >= 15 is 0 Å². The third kappa shape index (κ3) is 3.90. The molecule has 3 nitrogen and oxygen atoms in total.